The maximum absolute atomic E-state index is 17.6. The summed E-state index contributed by atoms with van der Waals surface area (Å²) in [6.07, 6.45) is 9.66. The number of ether oxygens (including phenoxy) is 6. The van der Waals surface area contributed by atoms with Crippen molar-refractivity contribution in [1.82, 2.24) is 0 Å². The molecule has 69 heavy (non-hydrogen) atoms. The summed E-state index contributed by atoms with van der Waals surface area (Å²) >= 11 is 0. The van der Waals surface area contributed by atoms with E-state index in [1.807, 2.05) is 18.2 Å². The Bertz CT molecular complexity index is 3080. The average molecular weight is 937 g/mol. The zero-order valence-corrected chi connectivity index (χ0v) is 41.0. The van der Waals surface area contributed by atoms with Crippen LogP contribution < -0.4 is 28.4 Å². The van der Waals surface area contributed by atoms with Gasteiger partial charge in [0.1, 0.15) is 17.5 Å². The standard InChI is InChI=1S/C60H63F3O6/c1-7-13-28-64-55-43-34-22-19-25-37(61)40(34)53-50-46(43)49-47-44(35-23-20-26-38(62)41(35)52(49)58(55)67-31-16-10-4)56(65-29-14-8-2)60(69-33-18-12-6)54-42-36(24-21-27-39(42)63)45(48(50)51(47)54)57(66-30-15-9-3)59(53)68-32-17-11-5/h19-27H,7-18,28-33H2,1-6H3. The molecule has 9 heteroatoms. The van der Waals surface area contributed by atoms with E-state index in [2.05, 4.69) is 41.5 Å². The number of rotatable bonds is 24. The average Bonchev–Trinajstić information content (AvgIpc) is 3.35. The van der Waals surface area contributed by atoms with Gasteiger partial charge < -0.3 is 28.4 Å². The first-order valence-electron chi connectivity index (χ1n) is 25.7. The number of unbranched alkanes of at least 4 members (excludes halogenated alkanes) is 6. The molecule has 0 saturated carbocycles. The third-order valence-corrected chi connectivity index (χ3v) is 14.0. The molecule has 0 fully saturated rings. The lowest BCUT2D eigenvalue weighted by atomic mass is 9.76. The van der Waals surface area contributed by atoms with Gasteiger partial charge in [0, 0.05) is 80.8 Å². The van der Waals surface area contributed by atoms with Crippen molar-refractivity contribution < 1.29 is 41.6 Å². The molecule has 0 aliphatic carbocycles. The minimum Gasteiger partial charge on any atom is -0.489 e. The van der Waals surface area contributed by atoms with Gasteiger partial charge in [-0.2, -0.15) is 0 Å². The second-order valence-corrected chi connectivity index (χ2v) is 18.7. The highest BCUT2D eigenvalue weighted by atomic mass is 19.1. The van der Waals surface area contributed by atoms with Crippen LogP contribution in [0, 0.1) is 17.5 Å². The number of hydrogen-bond acceptors (Lipinski definition) is 6. The van der Waals surface area contributed by atoms with Gasteiger partial charge in [-0.3, -0.25) is 0 Å². The number of halogens is 3. The summed E-state index contributed by atoms with van der Waals surface area (Å²) < 4.78 is 94.9. The van der Waals surface area contributed by atoms with Gasteiger partial charge in [0.05, 0.1) is 39.6 Å². The Kier molecular flexibility index (Phi) is 13.3. The minimum atomic E-state index is -0.437. The summed E-state index contributed by atoms with van der Waals surface area (Å²) in [7, 11) is 0. The molecular weight excluding hydrogens is 874 g/mol. The molecule has 0 aliphatic rings. The van der Waals surface area contributed by atoms with Crippen molar-refractivity contribution >= 4 is 97.0 Å². The third-order valence-electron chi connectivity index (χ3n) is 14.0. The van der Waals surface area contributed by atoms with Gasteiger partial charge >= 0.3 is 0 Å². The van der Waals surface area contributed by atoms with Gasteiger partial charge in [-0.1, -0.05) is 116 Å². The van der Waals surface area contributed by atoms with E-state index >= 15 is 13.2 Å². The third kappa shape index (κ3) is 7.35. The van der Waals surface area contributed by atoms with Gasteiger partial charge in [-0.15, -0.1) is 0 Å². The molecule has 0 aromatic heterocycles. The summed E-state index contributed by atoms with van der Waals surface area (Å²) in [4.78, 5) is 0. The van der Waals surface area contributed by atoms with Crippen LogP contribution in [0.5, 0.6) is 34.5 Å². The smallest absolute Gasteiger partial charge is 0.170 e. The van der Waals surface area contributed by atoms with Crippen LogP contribution in [0.3, 0.4) is 0 Å². The van der Waals surface area contributed by atoms with E-state index in [1.54, 1.807) is 18.2 Å². The maximum Gasteiger partial charge on any atom is 0.170 e. The zero-order valence-electron chi connectivity index (χ0n) is 41.0. The van der Waals surface area contributed by atoms with E-state index in [1.165, 1.54) is 18.2 Å². The summed E-state index contributed by atoms with van der Waals surface area (Å²) in [6.45, 7) is 14.7. The highest BCUT2D eigenvalue weighted by molar-refractivity contribution is 6.56. The molecule has 360 valence electrons. The van der Waals surface area contributed by atoms with Crippen LogP contribution in [0.2, 0.25) is 0 Å². The van der Waals surface area contributed by atoms with E-state index < -0.39 is 17.5 Å². The van der Waals surface area contributed by atoms with Crippen LogP contribution in [0.25, 0.3) is 97.0 Å². The quantitative estimate of drug-likeness (QED) is 0.0342. The van der Waals surface area contributed by atoms with Gasteiger partial charge in [0.15, 0.2) is 34.5 Å². The molecule has 0 N–H and O–H groups in total. The fraction of sp³-hybridized carbons (Fsp3) is 0.400. The van der Waals surface area contributed by atoms with Crippen molar-refractivity contribution in [1.29, 1.82) is 0 Å². The van der Waals surface area contributed by atoms with Crippen molar-refractivity contribution in [3.63, 3.8) is 0 Å². The minimum absolute atomic E-state index is 0.338. The van der Waals surface area contributed by atoms with Crippen molar-refractivity contribution in [2.75, 3.05) is 39.6 Å². The first-order valence-corrected chi connectivity index (χ1v) is 25.7. The molecule has 10 aromatic rings. The number of fused-ring (bicyclic) bond motifs is 9. The largest absolute Gasteiger partial charge is 0.489 e. The Hall–Kier alpha value is -6.09. The molecule has 0 unspecified atom stereocenters. The predicted octanol–water partition coefficient (Wildman–Crippen LogP) is 17.9. The molecule has 10 rings (SSSR count). The fourth-order valence-corrected chi connectivity index (χ4v) is 10.8. The number of benzene rings is 10. The number of hydrogen-bond donors (Lipinski definition) is 0. The van der Waals surface area contributed by atoms with Gasteiger partial charge in [0.25, 0.3) is 0 Å². The molecule has 0 atom stereocenters. The Labute approximate surface area is 401 Å². The SMILES string of the molecule is CCCCOc1c(OCCCC)c2c3c(F)cccc3c3c(OCCCC)c(OCCCC)c4c5c(F)cccc5c5c(OCCCC)c(OCCCC)c6c7c(F)cccc7c1c1c6c5c4c3c21. The Morgan fingerprint density at radius 2 is 0.464 bits per heavy atom. The van der Waals surface area contributed by atoms with E-state index in [9.17, 15) is 0 Å². The molecule has 0 aliphatic heterocycles. The highest BCUT2D eigenvalue weighted by Gasteiger charge is 2.38. The molecule has 0 amide bonds. The van der Waals surface area contributed by atoms with Crippen LogP contribution in [-0.2, 0) is 0 Å². The van der Waals surface area contributed by atoms with Crippen molar-refractivity contribution in [3.05, 3.63) is 72.0 Å². The Balaban J connectivity index is 1.63. The van der Waals surface area contributed by atoms with E-state index in [0.29, 0.717) is 155 Å². The molecule has 0 heterocycles. The Morgan fingerprint density at radius 1 is 0.261 bits per heavy atom. The lowest BCUT2D eigenvalue weighted by Gasteiger charge is -2.31. The van der Waals surface area contributed by atoms with Crippen molar-refractivity contribution in [2.24, 2.45) is 0 Å². The maximum atomic E-state index is 17.6. The van der Waals surface area contributed by atoms with Crippen LogP contribution >= 0.6 is 0 Å². The van der Waals surface area contributed by atoms with Crippen LogP contribution in [0.4, 0.5) is 13.2 Å². The molecule has 0 spiro atoms. The molecule has 0 radical (unpaired) electrons. The molecule has 0 saturated heterocycles. The first kappa shape index (κ1) is 46.6. The Morgan fingerprint density at radius 3 is 0.681 bits per heavy atom. The van der Waals surface area contributed by atoms with Crippen LogP contribution in [0.15, 0.2) is 54.6 Å². The summed E-state index contributed by atoms with van der Waals surface area (Å²) in [5.74, 6) is 1.23. The second kappa shape index (κ2) is 19.7. The summed E-state index contributed by atoms with van der Waals surface area (Å²) in [6, 6.07) is 15.5. The second-order valence-electron chi connectivity index (χ2n) is 18.7. The van der Waals surface area contributed by atoms with E-state index in [-0.39, 0.29) is 0 Å². The van der Waals surface area contributed by atoms with Crippen molar-refractivity contribution in [2.45, 2.75) is 119 Å². The highest BCUT2D eigenvalue weighted by Crippen LogP contribution is 2.65. The first-order chi connectivity index (χ1) is 33.9. The molecule has 6 nitrogen and oxygen atoms in total. The van der Waals surface area contributed by atoms with Gasteiger partial charge in [-0.25, -0.2) is 13.2 Å². The van der Waals surface area contributed by atoms with E-state index in [0.717, 1.165) is 93.2 Å². The van der Waals surface area contributed by atoms with Crippen molar-refractivity contribution in [3.8, 4) is 34.5 Å². The summed E-state index contributed by atoms with van der Waals surface area (Å²) in [5, 5.41) is 10.9. The normalized spacial score (nSPS) is 12.3. The van der Waals surface area contributed by atoms with Gasteiger partial charge in [-0.05, 0) is 72.9 Å². The summed E-state index contributed by atoms with van der Waals surface area (Å²) in [5.41, 5.74) is 0. The fourth-order valence-electron chi connectivity index (χ4n) is 10.8. The molecular formula is C60H63F3O6. The zero-order chi connectivity index (χ0) is 47.9. The monoisotopic (exact) mass is 936 g/mol. The molecule has 10 aromatic carbocycles. The lowest BCUT2D eigenvalue weighted by molar-refractivity contribution is 0.267. The topological polar surface area (TPSA) is 55.4 Å². The van der Waals surface area contributed by atoms with Crippen LogP contribution in [-0.4, -0.2) is 39.6 Å². The predicted molar refractivity (Wildman–Crippen MR) is 280 cm³/mol. The molecule has 0 bridgehead atoms. The lowest BCUT2D eigenvalue weighted by Crippen LogP contribution is -2.10. The van der Waals surface area contributed by atoms with E-state index in [4.69, 9.17) is 28.4 Å². The van der Waals surface area contributed by atoms with Gasteiger partial charge in [0.2, 0.25) is 0 Å². The van der Waals surface area contributed by atoms with Crippen LogP contribution in [0.1, 0.15) is 119 Å².